The summed E-state index contributed by atoms with van der Waals surface area (Å²) >= 11 is 8.98. The third kappa shape index (κ3) is 7.37. The molecule has 0 aliphatic carbocycles. The maximum Gasteiger partial charge on any atom is 0.422 e. The minimum Gasteiger partial charge on any atom is -0.473 e. The van der Waals surface area contributed by atoms with Crippen molar-refractivity contribution in [2.75, 3.05) is 0 Å². The number of esters is 1. The highest BCUT2D eigenvalue weighted by atomic mass is 35.5. The molecule has 1 rings (SSSR count). The lowest BCUT2D eigenvalue weighted by Crippen LogP contribution is -2.19. The Morgan fingerprint density at radius 2 is 1.39 bits per heavy atom. The summed E-state index contributed by atoms with van der Waals surface area (Å²) in [4.78, 5) is 39.4. The maximum absolute atomic E-state index is 10.5. The zero-order chi connectivity index (χ0) is 14.1. The lowest BCUT2D eigenvalue weighted by molar-refractivity contribution is -0.158. The van der Waals surface area contributed by atoms with Crippen molar-refractivity contribution in [1.29, 1.82) is 0 Å². The SMILES string of the molecule is O=C(Cl)C(=O)Cl.O=C(O)C(=O)Oc1ccccc1. The van der Waals surface area contributed by atoms with Crippen molar-refractivity contribution in [2.24, 2.45) is 0 Å². The van der Waals surface area contributed by atoms with Gasteiger partial charge in [-0.15, -0.1) is 0 Å². The minimum atomic E-state index is -1.60. The topological polar surface area (TPSA) is 97.7 Å². The molecule has 1 N–H and O–H groups in total. The van der Waals surface area contributed by atoms with Gasteiger partial charge in [-0.25, -0.2) is 9.59 Å². The van der Waals surface area contributed by atoms with Crippen molar-refractivity contribution in [3.63, 3.8) is 0 Å². The molecule has 0 spiro atoms. The molecular weight excluding hydrogens is 287 g/mol. The fourth-order valence-corrected chi connectivity index (χ4v) is 0.639. The van der Waals surface area contributed by atoms with E-state index in [1.54, 1.807) is 18.2 Å². The van der Waals surface area contributed by atoms with Gasteiger partial charge in [-0.2, -0.15) is 0 Å². The number of carbonyl (C=O) groups excluding carboxylic acids is 3. The molecule has 0 aromatic heterocycles. The number of hydrogen-bond acceptors (Lipinski definition) is 5. The number of carboxylic acid groups (broad SMARTS) is 1. The molecule has 6 nitrogen and oxygen atoms in total. The van der Waals surface area contributed by atoms with Gasteiger partial charge in [-0.05, 0) is 35.3 Å². The third-order valence-electron chi connectivity index (χ3n) is 1.28. The summed E-state index contributed by atoms with van der Waals surface area (Å²) in [5, 5.41) is 5.88. The van der Waals surface area contributed by atoms with Crippen molar-refractivity contribution in [3.05, 3.63) is 30.3 Å². The van der Waals surface area contributed by atoms with Crippen LogP contribution in [0.2, 0.25) is 0 Å². The fourth-order valence-electron chi connectivity index (χ4n) is 0.639. The van der Waals surface area contributed by atoms with E-state index in [4.69, 9.17) is 5.11 Å². The molecule has 0 fully saturated rings. The first-order chi connectivity index (χ1) is 8.34. The standard InChI is InChI=1S/C8H6O4.C2Cl2O2/c9-7(10)8(11)12-6-4-2-1-3-5-6;3-1(5)2(4)6/h1-5H,(H,9,10);. The molecule has 0 heterocycles. The van der Waals surface area contributed by atoms with Crippen LogP contribution >= 0.6 is 23.2 Å². The zero-order valence-electron chi connectivity index (χ0n) is 8.63. The highest BCUT2D eigenvalue weighted by Gasteiger charge is 2.13. The second kappa shape index (κ2) is 8.21. The van der Waals surface area contributed by atoms with Gasteiger partial charge in [0.15, 0.2) is 0 Å². The molecule has 0 saturated heterocycles. The lowest BCUT2D eigenvalue weighted by Gasteiger charge is -1.98. The number of halogens is 2. The van der Waals surface area contributed by atoms with Crippen LogP contribution in [0.25, 0.3) is 0 Å². The summed E-state index contributed by atoms with van der Waals surface area (Å²) in [6.45, 7) is 0. The lowest BCUT2D eigenvalue weighted by atomic mass is 10.3. The normalized spacial score (nSPS) is 8.56. The number of carboxylic acids is 1. The van der Waals surface area contributed by atoms with Crippen molar-refractivity contribution < 1.29 is 29.0 Å². The van der Waals surface area contributed by atoms with E-state index >= 15 is 0 Å². The van der Waals surface area contributed by atoms with Crippen LogP contribution in [-0.2, 0) is 19.2 Å². The van der Waals surface area contributed by atoms with Crippen LogP contribution in [0.5, 0.6) is 5.75 Å². The van der Waals surface area contributed by atoms with Crippen molar-refractivity contribution in [2.45, 2.75) is 0 Å². The molecule has 1 aromatic carbocycles. The molecule has 0 radical (unpaired) electrons. The first-order valence-corrected chi connectivity index (χ1v) is 4.99. The number of para-hydroxylation sites is 1. The van der Waals surface area contributed by atoms with Crippen molar-refractivity contribution in [1.82, 2.24) is 0 Å². The fraction of sp³-hybridized carbons (Fsp3) is 0. The molecule has 18 heavy (non-hydrogen) atoms. The summed E-state index contributed by atoms with van der Waals surface area (Å²) < 4.78 is 4.44. The number of benzene rings is 1. The molecule has 0 saturated carbocycles. The van der Waals surface area contributed by atoms with E-state index in [2.05, 4.69) is 27.9 Å². The quantitative estimate of drug-likeness (QED) is 0.381. The van der Waals surface area contributed by atoms with Crippen LogP contribution in [0.15, 0.2) is 30.3 Å². The summed E-state index contributed by atoms with van der Waals surface area (Å²) in [6.07, 6.45) is 0. The molecule has 0 atom stereocenters. The predicted molar refractivity (Wildman–Crippen MR) is 61.4 cm³/mol. The molecule has 8 heteroatoms. The van der Waals surface area contributed by atoms with Crippen LogP contribution in [0, 0.1) is 0 Å². The van der Waals surface area contributed by atoms with E-state index in [1.165, 1.54) is 12.1 Å². The van der Waals surface area contributed by atoms with E-state index in [0.29, 0.717) is 0 Å². The number of hydrogen-bond donors (Lipinski definition) is 1. The van der Waals surface area contributed by atoms with E-state index in [9.17, 15) is 19.2 Å². The monoisotopic (exact) mass is 292 g/mol. The zero-order valence-corrected chi connectivity index (χ0v) is 10.1. The Labute approximate surface area is 111 Å². The molecule has 0 aliphatic rings. The number of ether oxygens (including phenoxy) is 1. The number of rotatable bonds is 2. The third-order valence-corrected chi connectivity index (χ3v) is 1.72. The molecular formula is C10H6Cl2O6. The molecule has 96 valence electrons. The van der Waals surface area contributed by atoms with Crippen LogP contribution in [0.1, 0.15) is 0 Å². The number of carbonyl (C=O) groups is 4. The second-order valence-corrected chi connectivity index (χ2v) is 3.24. The molecule has 1 aromatic rings. The average molecular weight is 293 g/mol. The van der Waals surface area contributed by atoms with E-state index in [-0.39, 0.29) is 5.75 Å². The van der Waals surface area contributed by atoms with Crippen molar-refractivity contribution in [3.8, 4) is 5.75 Å². The first-order valence-electron chi connectivity index (χ1n) is 4.24. The largest absolute Gasteiger partial charge is 0.473 e. The van der Waals surface area contributed by atoms with Crippen LogP contribution in [-0.4, -0.2) is 27.5 Å². The maximum atomic E-state index is 10.5. The predicted octanol–water partition coefficient (Wildman–Crippen LogP) is 1.19. The Morgan fingerprint density at radius 1 is 0.944 bits per heavy atom. The van der Waals surface area contributed by atoms with Gasteiger partial charge >= 0.3 is 22.4 Å². The van der Waals surface area contributed by atoms with Crippen molar-refractivity contribution >= 4 is 45.6 Å². The van der Waals surface area contributed by atoms with Gasteiger partial charge in [0, 0.05) is 0 Å². The van der Waals surface area contributed by atoms with Gasteiger partial charge in [0.1, 0.15) is 5.75 Å². The Morgan fingerprint density at radius 3 is 1.72 bits per heavy atom. The summed E-state index contributed by atoms with van der Waals surface area (Å²) in [5.41, 5.74) is 0. The Balaban J connectivity index is 0.000000411. The smallest absolute Gasteiger partial charge is 0.422 e. The Bertz CT molecular complexity index is 445. The van der Waals surface area contributed by atoms with Gasteiger partial charge < -0.3 is 9.84 Å². The van der Waals surface area contributed by atoms with E-state index in [0.717, 1.165) is 0 Å². The summed E-state index contributed by atoms with van der Waals surface area (Å²) in [5.74, 6) is -2.65. The molecule has 0 unspecified atom stereocenters. The average Bonchev–Trinajstić information content (AvgIpc) is 2.30. The molecule has 0 bridgehead atoms. The minimum absolute atomic E-state index is 0.227. The van der Waals surface area contributed by atoms with Crippen LogP contribution < -0.4 is 4.74 Å². The van der Waals surface area contributed by atoms with Gasteiger partial charge in [0.05, 0.1) is 0 Å². The first kappa shape index (κ1) is 16.1. The van der Waals surface area contributed by atoms with Gasteiger partial charge in [0.2, 0.25) is 0 Å². The van der Waals surface area contributed by atoms with E-state index < -0.39 is 22.4 Å². The van der Waals surface area contributed by atoms with Crippen LogP contribution in [0.3, 0.4) is 0 Å². The summed E-state index contributed by atoms with van der Waals surface area (Å²) in [6, 6.07) is 8.02. The number of aliphatic carboxylic acids is 1. The Hall–Kier alpha value is -1.92. The molecule has 0 aliphatic heterocycles. The Kier molecular flexibility index (Phi) is 7.34. The highest BCUT2D eigenvalue weighted by Crippen LogP contribution is 2.07. The van der Waals surface area contributed by atoms with Crippen LogP contribution in [0.4, 0.5) is 0 Å². The second-order valence-electron chi connectivity index (χ2n) is 2.56. The van der Waals surface area contributed by atoms with E-state index in [1.807, 2.05) is 0 Å². The van der Waals surface area contributed by atoms with Gasteiger partial charge in [-0.1, -0.05) is 18.2 Å². The summed E-state index contributed by atoms with van der Waals surface area (Å²) in [7, 11) is 0. The van der Waals surface area contributed by atoms with Gasteiger partial charge in [0.25, 0.3) is 0 Å². The van der Waals surface area contributed by atoms with Gasteiger partial charge in [-0.3, -0.25) is 9.59 Å². The molecule has 0 amide bonds. The highest BCUT2D eigenvalue weighted by molar-refractivity contribution is 6.97.